The number of hydrogen-bond acceptors (Lipinski definition) is 7. The van der Waals surface area contributed by atoms with E-state index in [0.29, 0.717) is 19.3 Å². The molecule has 1 aromatic heterocycles. The highest BCUT2D eigenvalue weighted by Gasteiger charge is 2.52. The van der Waals surface area contributed by atoms with E-state index in [9.17, 15) is 18.0 Å². The van der Waals surface area contributed by atoms with Crippen molar-refractivity contribution in [2.24, 2.45) is 0 Å². The monoisotopic (exact) mass is 407 g/mol. The zero-order valence-corrected chi connectivity index (χ0v) is 16.0. The van der Waals surface area contributed by atoms with Gasteiger partial charge in [0.25, 0.3) is 0 Å². The first-order valence-corrected chi connectivity index (χ1v) is 9.18. The number of alkyl halides is 3. The molecule has 0 bridgehead atoms. The Morgan fingerprint density at radius 3 is 2.43 bits per heavy atom. The Morgan fingerprint density at radius 1 is 1.21 bits per heavy atom. The molecule has 2 fully saturated rings. The summed E-state index contributed by atoms with van der Waals surface area (Å²) in [6, 6.07) is -0.236. The predicted molar refractivity (Wildman–Crippen MR) is 88.1 cm³/mol. The van der Waals surface area contributed by atoms with Gasteiger partial charge in [0, 0.05) is 0 Å². The van der Waals surface area contributed by atoms with Crippen LogP contribution in [0.2, 0.25) is 0 Å². The summed E-state index contributed by atoms with van der Waals surface area (Å²) in [6.45, 7) is 5.51. The van der Waals surface area contributed by atoms with E-state index in [1.54, 1.807) is 20.8 Å². The molecule has 158 valence electrons. The number of halogens is 3. The minimum absolute atomic E-state index is 0.114. The lowest BCUT2D eigenvalue weighted by atomic mass is 9.80. The molecule has 0 spiro atoms. The van der Waals surface area contributed by atoms with Crippen LogP contribution in [0.5, 0.6) is 0 Å². The second kappa shape index (κ2) is 7.51. The fraction of sp³-hybridized carbons (Fsp3) is 0.824. The molecule has 1 aliphatic carbocycles. The highest BCUT2D eigenvalue weighted by Crippen LogP contribution is 2.48. The van der Waals surface area contributed by atoms with Gasteiger partial charge in [0.2, 0.25) is 11.8 Å². The first kappa shape index (κ1) is 20.8. The summed E-state index contributed by atoms with van der Waals surface area (Å²) in [5, 5.41) is 10.3. The molecule has 1 aromatic rings. The molecule has 2 atom stereocenters. The predicted octanol–water partition coefficient (Wildman–Crippen LogP) is 3.73. The number of carbonyl (C=O) groups is 1. The Balaban J connectivity index is 1.55. The van der Waals surface area contributed by atoms with Gasteiger partial charge >= 0.3 is 12.5 Å². The average Bonchev–Trinajstić information content (AvgIpc) is 2.99. The van der Waals surface area contributed by atoms with Crippen LogP contribution in [0.25, 0.3) is 0 Å². The van der Waals surface area contributed by atoms with Gasteiger partial charge < -0.3 is 19.2 Å². The van der Waals surface area contributed by atoms with E-state index < -0.39 is 29.8 Å². The van der Waals surface area contributed by atoms with E-state index in [1.165, 1.54) is 0 Å². The summed E-state index contributed by atoms with van der Waals surface area (Å²) in [4.78, 5) is 11.8. The molecule has 3 rings (SSSR count). The van der Waals surface area contributed by atoms with Crippen molar-refractivity contribution < 1.29 is 36.6 Å². The van der Waals surface area contributed by atoms with Crippen LogP contribution >= 0.6 is 0 Å². The second-order valence-electron chi connectivity index (χ2n) is 8.08. The van der Waals surface area contributed by atoms with Crippen LogP contribution in [0, 0.1) is 0 Å². The Morgan fingerprint density at radius 2 is 1.93 bits per heavy atom. The maximum Gasteiger partial charge on any atom is 0.523 e. The Kier molecular flexibility index (Phi) is 5.59. The first-order valence-electron chi connectivity index (χ1n) is 9.18. The van der Waals surface area contributed by atoms with Gasteiger partial charge in [0.15, 0.2) is 5.60 Å². The van der Waals surface area contributed by atoms with Crippen LogP contribution in [-0.4, -0.2) is 40.9 Å². The van der Waals surface area contributed by atoms with E-state index in [2.05, 4.69) is 20.3 Å². The van der Waals surface area contributed by atoms with Crippen LogP contribution < -0.4 is 5.32 Å². The molecular weight excluding hydrogens is 383 g/mol. The molecular formula is C17H24F3N3O5. The van der Waals surface area contributed by atoms with Gasteiger partial charge in [0.05, 0.1) is 12.6 Å². The van der Waals surface area contributed by atoms with Crippen LogP contribution in [0.4, 0.5) is 18.0 Å². The summed E-state index contributed by atoms with van der Waals surface area (Å²) >= 11 is 0. The molecule has 8 nitrogen and oxygen atoms in total. The molecule has 0 radical (unpaired) electrons. The van der Waals surface area contributed by atoms with Gasteiger partial charge in [-0.05, 0) is 52.9 Å². The highest BCUT2D eigenvalue weighted by molar-refractivity contribution is 5.68. The number of nitrogens with one attached hydrogen (secondary N) is 1. The fourth-order valence-corrected chi connectivity index (χ4v) is 3.16. The lowest BCUT2D eigenvalue weighted by Crippen LogP contribution is -2.43. The normalized spacial score (nSPS) is 25.1. The molecule has 1 saturated carbocycles. The van der Waals surface area contributed by atoms with Crippen LogP contribution in [0.15, 0.2) is 4.42 Å². The number of alkyl carbamates (subject to hydrolysis) is 1. The fourth-order valence-electron chi connectivity index (χ4n) is 3.16. The summed E-state index contributed by atoms with van der Waals surface area (Å²) in [5.41, 5.74) is -2.20. The number of ether oxygens (including phenoxy) is 3. The third-order valence-electron chi connectivity index (χ3n) is 4.57. The SMILES string of the molecule is CC(C)(C)OC(=O)N[C@@H]1CC[C@@H](c2nnc(C3(OC(F)(F)F)CCC3)o2)OC1. The Labute approximate surface area is 160 Å². The molecule has 2 heterocycles. The van der Waals surface area contributed by atoms with Gasteiger partial charge in [-0.1, -0.05) is 0 Å². The number of rotatable bonds is 4. The molecule has 0 aromatic carbocycles. The summed E-state index contributed by atoms with van der Waals surface area (Å²) < 4.78 is 58.6. The smallest absolute Gasteiger partial charge is 0.444 e. The van der Waals surface area contributed by atoms with Crippen molar-refractivity contribution >= 4 is 6.09 Å². The molecule has 2 aliphatic rings. The van der Waals surface area contributed by atoms with Gasteiger partial charge in [-0.15, -0.1) is 23.4 Å². The molecule has 1 aliphatic heterocycles. The number of carbonyl (C=O) groups excluding carboxylic acids is 1. The van der Waals surface area contributed by atoms with E-state index in [-0.39, 0.29) is 37.3 Å². The van der Waals surface area contributed by atoms with Crippen molar-refractivity contribution in [3.8, 4) is 0 Å². The third-order valence-corrected chi connectivity index (χ3v) is 4.57. The lowest BCUT2D eigenvalue weighted by molar-refractivity contribution is -0.387. The average molecular weight is 407 g/mol. The molecule has 0 unspecified atom stereocenters. The number of hydrogen-bond donors (Lipinski definition) is 1. The summed E-state index contributed by atoms with van der Waals surface area (Å²) in [7, 11) is 0. The van der Waals surface area contributed by atoms with Crippen molar-refractivity contribution in [2.45, 2.75) is 82.6 Å². The van der Waals surface area contributed by atoms with Gasteiger partial charge in [-0.3, -0.25) is 4.74 Å². The number of amides is 1. The Hall–Kier alpha value is -1.88. The quantitative estimate of drug-likeness (QED) is 0.812. The second-order valence-corrected chi connectivity index (χ2v) is 8.08. The zero-order valence-electron chi connectivity index (χ0n) is 16.0. The maximum absolute atomic E-state index is 12.7. The van der Waals surface area contributed by atoms with Crippen molar-refractivity contribution in [2.75, 3.05) is 6.61 Å². The van der Waals surface area contributed by atoms with E-state index >= 15 is 0 Å². The summed E-state index contributed by atoms with van der Waals surface area (Å²) in [6.07, 6.45) is -3.89. The molecule has 1 amide bonds. The van der Waals surface area contributed by atoms with Gasteiger partial charge in [0.1, 0.15) is 11.7 Å². The topological polar surface area (TPSA) is 95.7 Å². The highest BCUT2D eigenvalue weighted by atomic mass is 19.4. The molecule has 1 N–H and O–H groups in total. The minimum atomic E-state index is -4.78. The zero-order chi connectivity index (χ0) is 20.6. The van der Waals surface area contributed by atoms with Crippen LogP contribution in [-0.2, 0) is 19.8 Å². The molecule has 28 heavy (non-hydrogen) atoms. The lowest BCUT2D eigenvalue weighted by Gasteiger charge is -2.38. The van der Waals surface area contributed by atoms with Crippen molar-refractivity contribution in [1.29, 1.82) is 0 Å². The maximum atomic E-state index is 12.7. The van der Waals surface area contributed by atoms with Crippen molar-refractivity contribution in [3.63, 3.8) is 0 Å². The largest absolute Gasteiger partial charge is 0.523 e. The number of nitrogens with zero attached hydrogens (tertiary/aromatic N) is 2. The molecule has 11 heteroatoms. The third kappa shape index (κ3) is 5.13. The van der Waals surface area contributed by atoms with Gasteiger partial charge in [-0.2, -0.15) is 0 Å². The number of aromatic nitrogens is 2. The molecule has 1 saturated heterocycles. The van der Waals surface area contributed by atoms with E-state index in [1.807, 2.05) is 0 Å². The standard InChI is InChI=1S/C17H24F3N3O5/c1-15(2,3)27-14(24)21-10-5-6-11(25-9-10)12-22-23-13(26-12)16(7-4-8-16)28-17(18,19)20/h10-11H,4-9H2,1-3H3,(H,21,24)/t10-,11+/m1/s1. The van der Waals surface area contributed by atoms with Gasteiger partial charge in [-0.25, -0.2) is 4.79 Å². The van der Waals surface area contributed by atoms with Crippen LogP contribution in [0.3, 0.4) is 0 Å². The minimum Gasteiger partial charge on any atom is -0.444 e. The van der Waals surface area contributed by atoms with E-state index in [4.69, 9.17) is 13.9 Å². The first-order chi connectivity index (χ1) is 13.0. The Bertz CT molecular complexity index is 689. The van der Waals surface area contributed by atoms with E-state index in [0.717, 1.165) is 0 Å². The summed E-state index contributed by atoms with van der Waals surface area (Å²) in [5.74, 6) is -0.0635. The van der Waals surface area contributed by atoms with Crippen LogP contribution in [0.1, 0.15) is 70.8 Å². The van der Waals surface area contributed by atoms with Crippen molar-refractivity contribution in [1.82, 2.24) is 15.5 Å². The van der Waals surface area contributed by atoms with Crippen molar-refractivity contribution in [3.05, 3.63) is 11.8 Å².